The summed E-state index contributed by atoms with van der Waals surface area (Å²) < 4.78 is 15.0. The van der Waals surface area contributed by atoms with Gasteiger partial charge in [0.1, 0.15) is 16.8 Å². The van der Waals surface area contributed by atoms with E-state index < -0.39 is 13.7 Å². The molecule has 1 atom stereocenters. The number of aromatic nitrogens is 3. The van der Waals surface area contributed by atoms with Gasteiger partial charge in [0.15, 0.2) is 22.8 Å². The maximum absolute atomic E-state index is 7.09. The summed E-state index contributed by atoms with van der Waals surface area (Å²) in [7, 11) is -1.83. The second kappa shape index (κ2) is 11.4. The average Bonchev–Trinajstić information content (AvgIpc) is 3.92. The molecule has 10 aromatic rings. The summed E-state index contributed by atoms with van der Waals surface area (Å²) in [5.74, 6) is 1.68. The summed E-state index contributed by atoms with van der Waals surface area (Å²) in [5.41, 5.74) is 12.3. The Hall–Kier alpha value is -6.30. The van der Waals surface area contributed by atoms with E-state index >= 15 is 0 Å². The van der Waals surface area contributed by atoms with Crippen LogP contribution in [0.15, 0.2) is 156 Å². The van der Waals surface area contributed by atoms with Gasteiger partial charge < -0.3 is 4.42 Å². The number of fused-ring (bicyclic) bond motifs is 18. The molecule has 0 fully saturated rings. The molecule has 2 aliphatic heterocycles. The van der Waals surface area contributed by atoms with Crippen LogP contribution in [0.4, 0.5) is 0 Å². The highest BCUT2D eigenvalue weighted by atomic mass is 28.3. The topological polar surface area (TPSA) is 25.8 Å². The summed E-state index contributed by atoms with van der Waals surface area (Å²) in [6.45, 7) is 12.2. The van der Waals surface area contributed by atoms with Crippen LogP contribution in [0.25, 0.3) is 82.8 Å². The molecule has 2 aliphatic rings. The Kier molecular flexibility index (Phi) is 6.58. The fraction of sp³-hybridized carbons (Fsp3) is 0.154. The van der Waals surface area contributed by atoms with Crippen molar-refractivity contribution in [3.63, 3.8) is 0 Å². The van der Waals surface area contributed by atoms with Gasteiger partial charge in [-0.2, -0.15) is 4.57 Å². The van der Waals surface area contributed by atoms with Crippen LogP contribution in [0.5, 0.6) is 0 Å². The first kappa shape index (κ1) is 32.9. The van der Waals surface area contributed by atoms with Crippen molar-refractivity contribution in [3.8, 4) is 28.3 Å². The van der Waals surface area contributed by atoms with Crippen LogP contribution in [0.3, 0.4) is 0 Å². The fourth-order valence-electron chi connectivity index (χ4n) is 10.5. The molecule has 274 valence electrons. The van der Waals surface area contributed by atoms with Crippen LogP contribution in [-0.4, -0.2) is 12.6 Å². The summed E-state index contributed by atoms with van der Waals surface area (Å²) in [6, 6.07) is 54.2. The molecule has 12 rings (SSSR count). The fourth-order valence-corrected chi connectivity index (χ4v) is 12.2. The second-order valence-corrected chi connectivity index (χ2v) is 22.7. The molecule has 0 radical (unpaired) electrons. The van der Waals surface area contributed by atoms with Crippen molar-refractivity contribution < 1.29 is 13.6 Å². The van der Waals surface area contributed by atoms with Crippen LogP contribution in [-0.2, 0) is 12.1 Å². The zero-order chi connectivity index (χ0) is 38.4. The molecule has 4 nitrogen and oxygen atoms in total. The van der Waals surface area contributed by atoms with E-state index in [-0.39, 0.29) is 0 Å². The van der Waals surface area contributed by atoms with Crippen LogP contribution < -0.4 is 14.3 Å². The Bertz CT molecular complexity index is 3360. The highest BCUT2D eigenvalue weighted by Crippen LogP contribution is 2.53. The molecule has 0 bridgehead atoms. The second-order valence-electron chi connectivity index (χ2n) is 17.7. The van der Waals surface area contributed by atoms with Gasteiger partial charge in [0.25, 0.3) is 0 Å². The zero-order valence-corrected chi connectivity index (χ0v) is 34.0. The zero-order valence-electron chi connectivity index (χ0n) is 33.0. The predicted octanol–water partition coefficient (Wildman–Crippen LogP) is 11.4. The number of pyridine rings is 1. The Morgan fingerprint density at radius 1 is 0.667 bits per heavy atom. The van der Waals surface area contributed by atoms with Gasteiger partial charge in [0.2, 0.25) is 5.69 Å². The molecule has 0 aliphatic carbocycles. The third-order valence-electron chi connectivity index (χ3n) is 12.8. The van der Waals surface area contributed by atoms with Crippen LogP contribution in [0.1, 0.15) is 30.5 Å². The summed E-state index contributed by atoms with van der Waals surface area (Å²) in [4.78, 5) is 0. The van der Waals surface area contributed by atoms with E-state index in [0.717, 1.165) is 45.4 Å². The van der Waals surface area contributed by atoms with E-state index in [0.29, 0.717) is 5.92 Å². The van der Waals surface area contributed by atoms with Gasteiger partial charge >= 0.3 is 11.5 Å². The molecule has 1 unspecified atom stereocenters. The van der Waals surface area contributed by atoms with Gasteiger partial charge in [-0.1, -0.05) is 124 Å². The Balaban J connectivity index is 1.36. The van der Waals surface area contributed by atoms with E-state index in [1.54, 1.807) is 0 Å². The van der Waals surface area contributed by atoms with E-state index in [1.807, 2.05) is 0 Å². The van der Waals surface area contributed by atoms with Gasteiger partial charge in [-0.25, -0.2) is 0 Å². The van der Waals surface area contributed by atoms with Crippen LogP contribution >= 0.6 is 0 Å². The van der Waals surface area contributed by atoms with Crippen molar-refractivity contribution in [1.29, 1.82) is 0 Å². The molecule has 0 saturated heterocycles. The van der Waals surface area contributed by atoms with Crippen LogP contribution in [0.2, 0.25) is 19.6 Å². The number of hydrogen-bond acceptors (Lipinski definition) is 1. The van der Waals surface area contributed by atoms with E-state index in [4.69, 9.17) is 4.42 Å². The highest BCUT2D eigenvalue weighted by Gasteiger charge is 2.67. The lowest BCUT2D eigenvalue weighted by atomic mass is 9.88. The number of imidazole rings is 1. The summed E-state index contributed by atoms with van der Waals surface area (Å²) in [5, 5.41) is 8.68. The first-order valence-electron chi connectivity index (χ1n) is 20.4. The van der Waals surface area contributed by atoms with Crippen molar-refractivity contribution >= 4 is 67.8 Å². The lowest BCUT2D eigenvalue weighted by Crippen LogP contribution is -2.72. The predicted molar refractivity (Wildman–Crippen MR) is 236 cm³/mol. The molecule has 7 aromatic carbocycles. The summed E-state index contributed by atoms with van der Waals surface area (Å²) in [6.07, 6.45) is 3.64. The first-order valence-corrected chi connectivity index (χ1v) is 23.9. The minimum absolute atomic E-state index is 0.551. The molecule has 57 heavy (non-hydrogen) atoms. The Morgan fingerprint density at radius 3 is 2.18 bits per heavy atom. The number of para-hydroxylation sites is 1. The molecule has 5 heteroatoms. The average molecular weight is 754 g/mol. The third kappa shape index (κ3) is 4.27. The van der Waals surface area contributed by atoms with Crippen molar-refractivity contribution in [1.82, 2.24) is 4.57 Å². The number of nitrogens with zero attached hydrogens (tertiary/aromatic N) is 3. The van der Waals surface area contributed by atoms with Crippen molar-refractivity contribution in [3.05, 3.63) is 168 Å². The van der Waals surface area contributed by atoms with Gasteiger partial charge in [-0.3, -0.25) is 0 Å². The maximum Gasteiger partial charge on any atom is 0.364 e. The molecule has 5 heterocycles. The number of furan rings is 1. The Labute approximate surface area is 332 Å². The Morgan fingerprint density at radius 2 is 1.37 bits per heavy atom. The molecule has 0 N–H and O–H groups in total. The summed E-state index contributed by atoms with van der Waals surface area (Å²) >= 11 is 0. The molecule has 3 aromatic heterocycles. The monoisotopic (exact) mass is 753 g/mol. The number of hydrogen-bond donors (Lipinski definition) is 0. The largest absolute Gasteiger partial charge is 0.455 e. The van der Waals surface area contributed by atoms with E-state index in [2.05, 4.69) is 199 Å². The van der Waals surface area contributed by atoms with E-state index in [9.17, 15) is 0 Å². The van der Waals surface area contributed by atoms with Crippen LogP contribution in [0, 0.1) is 5.92 Å². The SMILES string of the molecule is CC(C)Cc1cc2[n+](cc1[Si](C)(C)C)C1(c3ccccc3-2)c2ccc3c(oc4ccccc43)c2-c2n(-c3cccc4ccccc34)c3cc4ccccc4cc3[n+]21. The van der Waals surface area contributed by atoms with Crippen molar-refractivity contribution in [2.24, 2.45) is 5.92 Å². The molecule has 0 amide bonds. The van der Waals surface area contributed by atoms with Gasteiger partial charge in [0, 0.05) is 27.4 Å². The van der Waals surface area contributed by atoms with Gasteiger partial charge in [-0.05, 0) is 82.6 Å². The molecular formula is C52H43N3OSi+2. The number of benzene rings is 7. The molecule has 0 saturated carbocycles. The van der Waals surface area contributed by atoms with Gasteiger partial charge in [-0.15, -0.1) is 9.13 Å². The van der Waals surface area contributed by atoms with Crippen molar-refractivity contribution in [2.45, 2.75) is 45.6 Å². The highest BCUT2D eigenvalue weighted by molar-refractivity contribution is 6.89. The third-order valence-corrected chi connectivity index (χ3v) is 14.8. The van der Waals surface area contributed by atoms with Gasteiger partial charge in [0.05, 0.1) is 24.8 Å². The standard InChI is InChI=1S/C52H43N3OSi/c1-32(2)27-36-30-44-40-21-10-12-22-41(40)52(53(44)31-48(36)57(3,4)5)42-26-25-39-38-20-11-13-24-47(38)56-50(39)49(42)51-54(43-23-14-18-33-15-8-9-19-37(33)43)45-28-34-16-6-7-17-35(34)29-46(45)55(51)52/h6-26,28-32H,27H2,1-5H3/q+2. The minimum Gasteiger partial charge on any atom is -0.455 e. The smallest absolute Gasteiger partial charge is 0.364 e. The lowest BCUT2D eigenvalue weighted by Gasteiger charge is -2.24. The molecule has 1 spiro atoms. The maximum atomic E-state index is 7.09. The van der Waals surface area contributed by atoms with Crippen molar-refractivity contribution in [2.75, 3.05) is 0 Å². The lowest BCUT2D eigenvalue weighted by molar-refractivity contribution is -0.944. The minimum atomic E-state index is -1.83. The van der Waals surface area contributed by atoms with E-state index in [1.165, 1.54) is 65.7 Å². The number of rotatable bonds is 4. The normalized spacial score (nSPS) is 15.8. The quantitative estimate of drug-likeness (QED) is 0.130. The first-order chi connectivity index (χ1) is 27.7. The molecular weight excluding hydrogens is 711 g/mol.